The average molecular weight is 185 g/mol. The third-order valence-corrected chi connectivity index (χ3v) is 2.22. The van der Waals surface area contributed by atoms with Crippen LogP contribution in [0.3, 0.4) is 0 Å². The molecule has 1 unspecified atom stereocenters. The summed E-state index contributed by atoms with van der Waals surface area (Å²) in [5.74, 6) is 0. The molecular weight excluding hydrogens is 172 g/mol. The molecule has 0 saturated heterocycles. The van der Waals surface area contributed by atoms with E-state index in [1.165, 1.54) is 11.1 Å². The molecule has 2 nitrogen and oxygen atoms in total. The van der Waals surface area contributed by atoms with Gasteiger partial charge in [0.2, 0.25) is 0 Å². The van der Waals surface area contributed by atoms with Gasteiger partial charge in [0.05, 0.1) is 0 Å². The quantitative estimate of drug-likeness (QED) is 0.714. The Bertz CT molecular complexity index is 273. The van der Waals surface area contributed by atoms with Gasteiger partial charge in [-0.1, -0.05) is 11.6 Å². The number of nitrogens with zero attached hydrogens (tertiary/aromatic N) is 1. The lowest BCUT2D eigenvalue weighted by molar-refractivity contribution is 0.645. The molecule has 0 radical (unpaired) electrons. The van der Waals surface area contributed by atoms with Crippen molar-refractivity contribution in [2.45, 2.75) is 19.9 Å². The van der Waals surface area contributed by atoms with Crippen LogP contribution in [0, 0.1) is 6.92 Å². The van der Waals surface area contributed by atoms with Crippen molar-refractivity contribution in [1.29, 1.82) is 0 Å². The van der Waals surface area contributed by atoms with Crippen molar-refractivity contribution in [1.82, 2.24) is 10.3 Å². The molecule has 0 fully saturated rings. The van der Waals surface area contributed by atoms with Crippen LogP contribution in [-0.2, 0) is 0 Å². The third-order valence-electron chi connectivity index (χ3n) is 2.02. The van der Waals surface area contributed by atoms with Gasteiger partial charge in [-0.2, -0.15) is 0 Å². The lowest BCUT2D eigenvalue weighted by Crippen LogP contribution is -2.13. The number of pyridine rings is 1. The van der Waals surface area contributed by atoms with Crippen molar-refractivity contribution in [3.05, 3.63) is 28.5 Å². The van der Waals surface area contributed by atoms with Gasteiger partial charge < -0.3 is 5.32 Å². The van der Waals surface area contributed by atoms with Crippen molar-refractivity contribution in [3.8, 4) is 0 Å². The molecule has 0 aromatic carbocycles. The fourth-order valence-electron chi connectivity index (χ4n) is 1.14. The first-order valence-corrected chi connectivity index (χ1v) is 4.32. The second-order valence-electron chi connectivity index (χ2n) is 2.87. The van der Waals surface area contributed by atoms with Crippen LogP contribution >= 0.6 is 11.6 Å². The van der Waals surface area contributed by atoms with Crippen molar-refractivity contribution in [2.24, 2.45) is 0 Å². The molecule has 1 N–H and O–H groups in total. The molecule has 3 heteroatoms. The van der Waals surface area contributed by atoms with E-state index in [1.54, 1.807) is 0 Å². The van der Waals surface area contributed by atoms with Gasteiger partial charge in [-0.3, -0.25) is 0 Å². The molecule has 0 saturated carbocycles. The highest BCUT2D eigenvalue weighted by atomic mass is 35.5. The molecule has 12 heavy (non-hydrogen) atoms. The van der Waals surface area contributed by atoms with E-state index in [2.05, 4.69) is 17.2 Å². The number of rotatable bonds is 2. The van der Waals surface area contributed by atoms with E-state index in [0.29, 0.717) is 11.2 Å². The fraction of sp³-hybridized carbons (Fsp3) is 0.444. The van der Waals surface area contributed by atoms with E-state index in [4.69, 9.17) is 11.6 Å². The minimum Gasteiger partial charge on any atom is -0.313 e. The maximum atomic E-state index is 5.73. The van der Waals surface area contributed by atoms with Crippen LogP contribution in [0.15, 0.2) is 12.3 Å². The molecule has 1 aromatic rings. The third kappa shape index (κ3) is 1.96. The number of hydrogen-bond acceptors (Lipinski definition) is 2. The molecule has 0 aliphatic rings. The number of hydrogen-bond donors (Lipinski definition) is 1. The van der Waals surface area contributed by atoms with Crippen LogP contribution in [0.4, 0.5) is 0 Å². The zero-order valence-electron chi connectivity index (χ0n) is 7.56. The maximum Gasteiger partial charge on any atom is 0.129 e. The van der Waals surface area contributed by atoms with Crippen LogP contribution in [-0.4, -0.2) is 12.0 Å². The standard InChI is InChI=1S/C9H13ClN2/c1-6-4-9(10)12-5-8(6)7(2)11-3/h4-5,7,11H,1-3H3. The van der Waals surface area contributed by atoms with Gasteiger partial charge in [-0.05, 0) is 38.1 Å². The molecule has 1 heterocycles. The molecule has 1 atom stereocenters. The highest BCUT2D eigenvalue weighted by molar-refractivity contribution is 6.29. The summed E-state index contributed by atoms with van der Waals surface area (Å²) in [4.78, 5) is 4.03. The van der Waals surface area contributed by atoms with Gasteiger partial charge in [-0.25, -0.2) is 4.98 Å². The molecular formula is C9H13ClN2. The van der Waals surface area contributed by atoms with Gasteiger partial charge in [0.15, 0.2) is 0 Å². The van der Waals surface area contributed by atoms with Gasteiger partial charge in [0.1, 0.15) is 5.15 Å². The second kappa shape index (κ2) is 3.87. The van der Waals surface area contributed by atoms with E-state index >= 15 is 0 Å². The summed E-state index contributed by atoms with van der Waals surface area (Å²) in [6.45, 7) is 4.13. The van der Waals surface area contributed by atoms with Gasteiger partial charge >= 0.3 is 0 Å². The summed E-state index contributed by atoms with van der Waals surface area (Å²) < 4.78 is 0. The number of halogens is 1. The Morgan fingerprint density at radius 1 is 1.58 bits per heavy atom. The Kier molecular flexibility index (Phi) is 3.06. The minimum absolute atomic E-state index is 0.328. The molecule has 0 amide bonds. The Morgan fingerprint density at radius 3 is 2.75 bits per heavy atom. The molecule has 0 spiro atoms. The smallest absolute Gasteiger partial charge is 0.129 e. The zero-order chi connectivity index (χ0) is 9.14. The molecule has 0 aliphatic heterocycles. The first kappa shape index (κ1) is 9.49. The van der Waals surface area contributed by atoms with E-state index < -0.39 is 0 Å². The minimum atomic E-state index is 0.328. The normalized spacial score (nSPS) is 13.0. The monoisotopic (exact) mass is 184 g/mol. The zero-order valence-corrected chi connectivity index (χ0v) is 8.31. The molecule has 0 aliphatic carbocycles. The number of aromatic nitrogens is 1. The van der Waals surface area contributed by atoms with Crippen LogP contribution in [0.2, 0.25) is 5.15 Å². The first-order chi connectivity index (χ1) is 5.65. The lowest BCUT2D eigenvalue weighted by Gasteiger charge is -2.12. The Morgan fingerprint density at radius 2 is 2.25 bits per heavy atom. The average Bonchev–Trinajstić information content (AvgIpc) is 2.03. The van der Waals surface area contributed by atoms with E-state index in [9.17, 15) is 0 Å². The second-order valence-corrected chi connectivity index (χ2v) is 3.26. The summed E-state index contributed by atoms with van der Waals surface area (Å²) in [5.41, 5.74) is 2.37. The lowest BCUT2D eigenvalue weighted by atomic mass is 10.1. The van der Waals surface area contributed by atoms with E-state index in [-0.39, 0.29) is 0 Å². The van der Waals surface area contributed by atoms with Crippen LogP contribution in [0.25, 0.3) is 0 Å². The van der Waals surface area contributed by atoms with Crippen molar-refractivity contribution >= 4 is 11.6 Å². The summed E-state index contributed by atoms with van der Waals surface area (Å²) in [6.07, 6.45) is 1.82. The topological polar surface area (TPSA) is 24.9 Å². The highest BCUT2D eigenvalue weighted by Crippen LogP contribution is 2.18. The van der Waals surface area contributed by atoms with Crippen LogP contribution < -0.4 is 5.32 Å². The van der Waals surface area contributed by atoms with E-state index in [0.717, 1.165) is 0 Å². The van der Waals surface area contributed by atoms with Gasteiger partial charge in [0, 0.05) is 12.2 Å². The SMILES string of the molecule is CNC(C)c1cnc(Cl)cc1C. The molecule has 1 aromatic heterocycles. The summed E-state index contributed by atoms with van der Waals surface area (Å²) in [7, 11) is 1.93. The molecule has 0 bridgehead atoms. The van der Waals surface area contributed by atoms with Crippen molar-refractivity contribution in [2.75, 3.05) is 7.05 Å². The predicted octanol–water partition coefficient (Wildman–Crippen LogP) is 2.32. The van der Waals surface area contributed by atoms with Crippen molar-refractivity contribution < 1.29 is 0 Å². The predicted molar refractivity (Wildman–Crippen MR) is 51.5 cm³/mol. The Hall–Kier alpha value is -0.600. The van der Waals surface area contributed by atoms with Crippen LogP contribution in [0.5, 0.6) is 0 Å². The summed E-state index contributed by atoms with van der Waals surface area (Å²) >= 11 is 5.73. The molecule has 66 valence electrons. The summed E-state index contributed by atoms with van der Waals surface area (Å²) in [5, 5.41) is 3.71. The number of aryl methyl sites for hydroxylation is 1. The van der Waals surface area contributed by atoms with E-state index in [1.807, 2.05) is 26.2 Å². The maximum absolute atomic E-state index is 5.73. The first-order valence-electron chi connectivity index (χ1n) is 3.94. The number of nitrogens with one attached hydrogen (secondary N) is 1. The Balaban J connectivity index is 3.01. The largest absolute Gasteiger partial charge is 0.313 e. The van der Waals surface area contributed by atoms with Gasteiger partial charge in [-0.15, -0.1) is 0 Å². The fourth-order valence-corrected chi connectivity index (χ4v) is 1.35. The van der Waals surface area contributed by atoms with Crippen LogP contribution in [0.1, 0.15) is 24.1 Å². The van der Waals surface area contributed by atoms with Crippen molar-refractivity contribution in [3.63, 3.8) is 0 Å². The Labute approximate surface area is 78.0 Å². The van der Waals surface area contributed by atoms with Gasteiger partial charge in [0.25, 0.3) is 0 Å². The highest BCUT2D eigenvalue weighted by Gasteiger charge is 2.06. The summed E-state index contributed by atoms with van der Waals surface area (Å²) in [6, 6.07) is 2.21. The molecule has 1 rings (SSSR count).